The van der Waals surface area contributed by atoms with Crippen LogP contribution in [0.5, 0.6) is 0 Å². The summed E-state index contributed by atoms with van der Waals surface area (Å²) in [5.41, 5.74) is 1.74. The molecule has 0 aliphatic rings. The summed E-state index contributed by atoms with van der Waals surface area (Å²) in [7, 11) is 0. The molecule has 1 amide bonds. The van der Waals surface area contributed by atoms with Crippen LogP contribution in [0.4, 0.5) is 0 Å². The Kier molecular flexibility index (Phi) is 4.15. The van der Waals surface area contributed by atoms with E-state index in [0.717, 1.165) is 11.3 Å². The molecule has 22 heavy (non-hydrogen) atoms. The Morgan fingerprint density at radius 3 is 2.64 bits per heavy atom. The van der Waals surface area contributed by atoms with Crippen LogP contribution in [0.25, 0.3) is 0 Å². The van der Waals surface area contributed by atoms with Gasteiger partial charge in [-0.15, -0.1) is 5.10 Å². The minimum Gasteiger partial charge on any atom is -0.342 e. The summed E-state index contributed by atoms with van der Waals surface area (Å²) in [6, 6.07) is 15.0. The van der Waals surface area contributed by atoms with E-state index in [4.69, 9.17) is 0 Å². The molecule has 1 aromatic carbocycles. The highest BCUT2D eigenvalue weighted by molar-refractivity contribution is 5.76. The first-order valence-electron chi connectivity index (χ1n) is 6.79. The summed E-state index contributed by atoms with van der Waals surface area (Å²) in [4.78, 5) is 16.6. The molecule has 2 heterocycles. The summed E-state index contributed by atoms with van der Waals surface area (Å²) in [5, 5.41) is 13.7. The third kappa shape index (κ3) is 3.32. The Labute approximate surface area is 127 Å². The molecule has 1 atom stereocenters. The van der Waals surface area contributed by atoms with E-state index in [1.807, 2.05) is 48.5 Å². The third-order valence-corrected chi connectivity index (χ3v) is 3.12. The number of hydrogen-bond donors (Lipinski definition) is 1. The van der Waals surface area contributed by atoms with Crippen molar-refractivity contribution in [3.8, 4) is 0 Å². The van der Waals surface area contributed by atoms with E-state index in [9.17, 15) is 4.79 Å². The van der Waals surface area contributed by atoms with Crippen LogP contribution in [-0.4, -0.2) is 31.1 Å². The van der Waals surface area contributed by atoms with E-state index < -0.39 is 0 Å². The maximum atomic E-state index is 12.2. The molecule has 0 aliphatic carbocycles. The average Bonchev–Trinajstić information content (AvgIpc) is 3.07. The molecule has 7 nitrogen and oxygen atoms in total. The molecule has 7 heteroatoms. The Morgan fingerprint density at radius 2 is 1.95 bits per heavy atom. The van der Waals surface area contributed by atoms with Gasteiger partial charge in [0.2, 0.25) is 5.91 Å². The molecule has 0 saturated carbocycles. The van der Waals surface area contributed by atoms with Crippen LogP contribution in [-0.2, 0) is 11.3 Å². The van der Waals surface area contributed by atoms with Crippen LogP contribution < -0.4 is 5.32 Å². The van der Waals surface area contributed by atoms with E-state index >= 15 is 0 Å². The zero-order chi connectivity index (χ0) is 15.2. The van der Waals surface area contributed by atoms with Gasteiger partial charge < -0.3 is 5.32 Å². The molecule has 110 valence electrons. The SMILES string of the molecule is O=C(Cn1cnnn1)NC(c1ccccc1)c1ccccn1. The minimum absolute atomic E-state index is 0.0587. The molecule has 0 saturated heterocycles. The largest absolute Gasteiger partial charge is 0.342 e. The van der Waals surface area contributed by atoms with Gasteiger partial charge in [0.25, 0.3) is 0 Å². The Bertz CT molecular complexity index is 675. The van der Waals surface area contributed by atoms with Gasteiger partial charge >= 0.3 is 0 Å². The number of tetrazole rings is 1. The van der Waals surface area contributed by atoms with Gasteiger partial charge in [-0.1, -0.05) is 36.4 Å². The smallest absolute Gasteiger partial charge is 0.242 e. The molecule has 0 radical (unpaired) electrons. The summed E-state index contributed by atoms with van der Waals surface area (Å²) >= 11 is 0. The molecule has 0 aliphatic heterocycles. The van der Waals surface area contributed by atoms with E-state index in [0.29, 0.717) is 0 Å². The van der Waals surface area contributed by atoms with Crippen LogP contribution in [0, 0.1) is 0 Å². The highest BCUT2D eigenvalue weighted by atomic mass is 16.2. The quantitative estimate of drug-likeness (QED) is 0.758. The van der Waals surface area contributed by atoms with Crippen LogP contribution in [0.1, 0.15) is 17.3 Å². The molecular formula is C15H14N6O. The normalized spacial score (nSPS) is 11.8. The number of hydrogen-bond acceptors (Lipinski definition) is 5. The zero-order valence-corrected chi connectivity index (χ0v) is 11.7. The van der Waals surface area contributed by atoms with Crippen LogP contribution >= 0.6 is 0 Å². The van der Waals surface area contributed by atoms with E-state index in [1.54, 1.807) is 6.20 Å². The average molecular weight is 294 g/mol. The van der Waals surface area contributed by atoms with Gasteiger partial charge in [-0.2, -0.15) is 0 Å². The number of aromatic nitrogens is 5. The predicted octanol–water partition coefficient (Wildman–Crippen LogP) is 0.974. The van der Waals surface area contributed by atoms with Crippen molar-refractivity contribution in [1.29, 1.82) is 0 Å². The number of amides is 1. The molecule has 0 fully saturated rings. The van der Waals surface area contributed by atoms with Gasteiger partial charge in [-0.3, -0.25) is 9.78 Å². The third-order valence-electron chi connectivity index (χ3n) is 3.12. The Hall–Kier alpha value is -3.09. The number of rotatable bonds is 5. The molecule has 1 unspecified atom stereocenters. The number of carbonyl (C=O) groups excluding carboxylic acids is 1. The van der Waals surface area contributed by atoms with Crippen molar-refractivity contribution in [2.24, 2.45) is 0 Å². The maximum Gasteiger partial charge on any atom is 0.242 e. The number of nitrogens with one attached hydrogen (secondary N) is 1. The monoisotopic (exact) mass is 294 g/mol. The highest BCUT2D eigenvalue weighted by Gasteiger charge is 2.18. The van der Waals surface area contributed by atoms with Gasteiger partial charge in [0.15, 0.2) is 0 Å². The van der Waals surface area contributed by atoms with Crippen molar-refractivity contribution in [1.82, 2.24) is 30.5 Å². The summed E-state index contributed by atoms with van der Waals surface area (Å²) in [5.74, 6) is -0.188. The molecule has 1 N–H and O–H groups in total. The van der Waals surface area contributed by atoms with Crippen molar-refractivity contribution in [2.75, 3.05) is 0 Å². The van der Waals surface area contributed by atoms with Gasteiger partial charge in [0.1, 0.15) is 12.9 Å². The maximum absolute atomic E-state index is 12.2. The van der Waals surface area contributed by atoms with Crippen molar-refractivity contribution in [3.63, 3.8) is 0 Å². The standard InChI is InChI=1S/C15H14N6O/c22-14(10-21-11-17-19-20-21)18-15(12-6-2-1-3-7-12)13-8-4-5-9-16-13/h1-9,11,15H,10H2,(H,18,22). The first kappa shape index (κ1) is 13.9. The predicted molar refractivity (Wildman–Crippen MR) is 78.5 cm³/mol. The fourth-order valence-electron chi connectivity index (χ4n) is 2.13. The molecule has 3 aromatic rings. The molecule has 0 spiro atoms. The van der Waals surface area contributed by atoms with Crippen molar-refractivity contribution >= 4 is 5.91 Å². The number of benzene rings is 1. The lowest BCUT2D eigenvalue weighted by atomic mass is 10.0. The number of pyridine rings is 1. The van der Waals surface area contributed by atoms with Gasteiger partial charge in [-0.05, 0) is 28.1 Å². The fourth-order valence-corrected chi connectivity index (χ4v) is 2.13. The highest BCUT2D eigenvalue weighted by Crippen LogP contribution is 2.19. The molecule has 3 rings (SSSR count). The second kappa shape index (κ2) is 6.57. The number of carbonyl (C=O) groups is 1. The van der Waals surface area contributed by atoms with Crippen molar-refractivity contribution in [2.45, 2.75) is 12.6 Å². The van der Waals surface area contributed by atoms with Gasteiger partial charge in [0, 0.05) is 6.20 Å². The Balaban J connectivity index is 1.81. The van der Waals surface area contributed by atoms with Gasteiger partial charge in [0.05, 0.1) is 11.7 Å². The Morgan fingerprint density at radius 1 is 1.14 bits per heavy atom. The lowest BCUT2D eigenvalue weighted by molar-refractivity contribution is -0.122. The molecule has 2 aromatic heterocycles. The van der Waals surface area contributed by atoms with Crippen LogP contribution in [0.15, 0.2) is 61.1 Å². The fraction of sp³-hybridized carbons (Fsp3) is 0.133. The number of nitrogens with zero attached hydrogens (tertiary/aromatic N) is 5. The summed E-state index contributed by atoms with van der Waals surface area (Å²) in [6.45, 7) is 0.0587. The van der Waals surface area contributed by atoms with E-state index in [1.165, 1.54) is 11.0 Å². The molecular weight excluding hydrogens is 280 g/mol. The second-order valence-electron chi connectivity index (χ2n) is 4.67. The second-order valence-corrected chi connectivity index (χ2v) is 4.67. The summed E-state index contributed by atoms with van der Waals surface area (Å²) < 4.78 is 1.37. The lowest BCUT2D eigenvalue weighted by Crippen LogP contribution is -2.32. The van der Waals surface area contributed by atoms with Crippen molar-refractivity contribution < 1.29 is 4.79 Å². The van der Waals surface area contributed by atoms with Crippen molar-refractivity contribution in [3.05, 3.63) is 72.3 Å². The zero-order valence-electron chi connectivity index (χ0n) is 11.7. The minimum atomic E-state index is -0.314. The summed E-state index contributed by atoms with van der Waals surface area (Å²) in [6.07, 6.45) is 3.11. The van der Waals surface area contributed by atoms with E-state index in [-0.39, 0.29) is 18.5 Å². The molecule has 0 bridgehead atoms. The van der Waals surface area contributed by atoms with Gasteiger partial charge in [-0.25, -0.2) is 4.68 Å². The first-order chi connectivity index (χ1) is 10.8. The lowest BCUT2D eigenvalue weighted by Gasteiger charge is -2.18. The van der Waals surface area contributed by atoms with Crippen LogP contribution in [0.3, 0.4) is 0 Å². The van der Waals surface area contributed by atoms with Crippen LogP contribution in [0.2, 0.25) is 0 Å². The first-order valence-corrected chi connectivity index (χ1v) is 6.79. The van der Waals surface area contributed by atoms with E-state index in [2.05, 4.69) is 25.8 Å². The topological polar surface area (TPSA) is 85.6 Å².